The van der Waals surface area contributed by atoms with E-state index in [2.05, 4.69) is 26.8 Å². The zero-order chi connectivity index (χ0) is 13.7. The minimum Gasteiger partial charge on any atom is -0.287 e. The van der Waals surface area contributed by atoms with Gasteiger partial charge in [0.05, 0.1) is 0 Å². The van der Waals surface area contributed by atoms with Crippen molar-refractivity contribution < 1.29 is 4.79 Å². The Hall–Kier alpha value is -1.36. The molecule has 0 bridgehead atoms. The van der Waals surface area contributed by atoms with Crippen LogP contribution < -0.4 is 10.9 Å². The Labute approximate surface area is 125 Å². The zero-order valence-electron chi connectivity index (χ0n) is 9.99. The number of nitrogens with one attached hydrogen (secondary N) is 2. The van der Waals surface area contributed by atoms with Crippen molar-refractivity contribution in [3.63, 3.8) is 0 Å². The molecular formula is C14H12BrClN2O. The highest BCUT2D eigenvalue weighted by molar-refractivity contribution is 9.10. The molecule has 0 aliphatic carbocycles. The summed E-state index contributed by atoms with van der Waals surface area (Å²) >= 11 is 9.16. The van der Waals surface area contributed by atoms with Gasteiger partial charge in [0.2, 0.25) is 0 Å². The van der Waals surface area contributed by atoms with Gasteiger partial charge >= 0.3 is 0 Å². The van der Waals surface area contributed by atoms with E-state index in [1.54, 1.807) is 24.3 Å². The lowest BCUT2D eigenvalue weighted by Crippen LogP contribution is -2.36. The first-order valence-electron chi connectivity index (χ1n) is 5.68. The van der Waals surface area contributed by atoms with E-state index < -0.39 is 0 Å². The lowest BCUT2D eigenvalue weighted by Gasteiger charge is -2.07. The molecule has 0 atom stereocenters. The number of hydrazine groups is 1. The average molecular weight is 340 g/mol. The molecule has 3 nitrogen and oxygen atoms in total. The second kappa shape index (κ2) is 6.70. The fourth-order valence-electron chi connectivity index (χ4n) is 1.55. The molecule has 2 N–H and O–H groups in total. The number of carbonyl (C=O) groups is 1. The van der Waals surface area contributed by atoms with Crippen molar-refractivity contribution in [2.24, 2.45) is 0 Å². The highest BCUT2D eigenvalue weighted by atomic mass is 79.9. The summed E-state index contributed by atoms with van der Waals surface area (Å²) in [5, 5.41) is 0.610. The molecule has 2 aromatic rings. The standard InChI is InChI=1S/C14H12BrClN2O/c15-12-3-1-2-10(8-12)9-17-18-14(19)11-4-6-13(16)7-5-11/h1-8,17H,9H2,(H,18,19). The van der Waals surface area contributed by atoms with Gasteiger partial charge in [-0.25, -0.2) is 5.43 Å². The second-order valence-electron chi connectivity index (χ2n) is 3.94. The minimum absolute atomic E-state index is 0.188. The van der Waals surface area contributed by atoms with Gasteiger partial charge in [-0.15, -0.1) is 0 Å². The predicted octanol–water partition coefficient (Wildman–Crippen LogP) is 3.54. The number of amides is 1. The van der Waals surface area contributed by atoms with Gasteiger partial charge in [-0.3, -0.25) is 10.2 Å². The molecule has 0 heterocycles. The van der Waals surface area contributed by atoms with E-state index in [1.807, 2.05) is 24.3 Å². The summed E-state index contributed by atoms with van der Waals surface area (Å²) in [6.07, 6.45) is 0. The Morgan fingerprint density at radius 1 is 1.16 bits per heavy atom. The Kier molecular flexibility index (Phi) is 4.96. The van der Waals surface area contributed by atoms with Crippen LogP contribution >= 0.6 is 27.5 Å². The Bertz CT molecular complexity index is 572. The van der Waals surface area contributed by atoms with E-state index in [-0.39, 0.29) is 5.91 Å². The SMILES string of the molecule is O=C(NNCc1cccc(Br)c1)c1ccc(Cl)cc1. The van der Waals surface area contributed by atoms with Gasteiger partial charge in [-0.05, 0) is 42.0 Å². The molecule has 0 saturated carbocycles. The molecule has 0 aromatic heterocycles. The third-order valence-corrected chi connectivity index (χ3v) is 3.24. The van der Waals surface area contributed by atoms with Crippen LogP contribution in [0.25, 0.3) is 0 Å². The number of benzene rings is 2. The molecule has 98 valence electrons. The van der Waals surface area contributed by atoms with Gasteiger partial charge in [0.1, 0.15) is 0 Å². The van der Waals surface area contributed by atoms with Gasteiger partial charge in [0, 0.05) is 21.6 Å². The lowest BCUT2D eigenvalue weighted by molar-refractivity contribution is 0.0932. The molecule has 2 aromatic carbocycles. The molecule has 19 heavy (non-hydrogen) atoms. The Balaban J connectivity index is 1.86. The zero-order valence-corrected chi connectivity index (χ0v) is 12.3. The van der Waals surface area contributed by atoms with Crippen molar-refractivity contribution in [3.8, 4) is 0 Å². The summed E-state index contributed by atoms with van der Waals surface area (Å²) in [5.74, 6) is -0.188. The van der Waals surface area contributed by atoms with Gasteiger partial charge in [-0.1, -0.05) is 39.7 Å². The summed E-state index contributed by atoms with van der Waals surface area (Å²) in [7, 11) is 0. The fraction of sp³-hybridized carbons (Fsp3) is 0.0714. The number of hydrogen-bond acceptors (Lipinski definition) is 2. The summed E-state index contributed by atoms with van der Waals surface area (Å²) < 4.78 is 1.01. The van der Waals surface area contributed by atoms with Crippen LogP contribution in [0.1, 0.15) is 15.9 Å². The van der Waals surface area contributed by atoms with Crippen LogP contribution in [0.3, 0.4) is 0 Å². The monoisotopic (exact) mass is 338 g/mol. The van der Waals surface area contributed by atoms with E-state index in [4.69, 9.17) is 11.6 Å². The molecule has 1 amide bonds. The van der Waals surface area contributed by atoms with Gasteiger partial charge in [0.25, 0.3) is 5.91 Å². The quantitative estimate of drug-likeness (QED) is 0.837. The number of carbonyl (C=O) groups excluding carboxylic acids is 1. The summed E-state index contributed by atoms with van der Waals surface area (Å²) in [6, 6.07) is 14.6. The molecule has 0 aliphatic heterocycles. The van der Waals surface area contributed by atoms with Crippen LogP contribution in [0, 0.1) is 0 Å². The fourth-order valence-corrected chi connectivity index (χ4v) is 2.12. The maximum absolute atomic E-state index is 11.8. The van der Waals surface area contributed by atoms with Crippen molar-refractivity contribution in [3.05, 3.63) is 69.2 Å². The summed E-state index contributed by atoms with van der Waals surface area (Å²) in [5.41, 5.74) is 7.16. The molecule has 0 unspecified atom stereocenters. The summed E-state index contributed by atoms with van der Waals surface area (Å²) in [6.45, 7) is 0.554. The minimum atomic E-state index is -0.188. The van der Waals surface area contributed by atoms with Crippen LogP contribution in [0.15, 0.2) is 53.0 Å². The Morgan fingerprint density at radius 2 is 1.89 bits per heavy atom. The van der Waals surface area contributed by atoms with E-state index >= 15 is 0 Å². The number of rotatable bonds is 4. The number of hydrogen-bond donors (Lipinski definition) is 2. The van der Waals surface area contributed by atoms with Crippen LogP contribution in [0.4, 0.5) is 0 Å². The van der Waals surface area contributed by atoms with Crippen molar-refractivity contribution in [1.29, 1.82) is 0 Å². The molecule has 5 heteroatoms. The van der Waals surface area contributed by atoms with Gasteiger partial charge in [0.15, 0.2) is 0 Å². The highest BCUT2D eigenvalue weighted by Gasteiger charge is 2.04. The first-order chi connectivity index (χ1) is 9.15. The smallest absolute Gasteiger partial charge is 0.265 e. The molecular weight excluding hydrogens is 328 g/mol. The van der Waals surface area contributed by atoms with E-state index in [9.17, 15) is 4.79 Å². The van der Waals surface area contributed by atoms with Crippen LogP contribution in [-0.4, -0.2) is 5.91 Å². The van der Waals surface area contributed by atoms with Crippen molar-refractivity contribution in [1.82, 2.24) is 10.9 Å². The maximum Gasteiger partial charge on any atom is 0.265 e. The van der Waals surface area contributed by atoms with Gasteiger partial charge in [-0.2, -0.15) is 0 Å². The topological polar surface area (TPSA) is 41.1 Å². The predicted molar refractivity (Wildman–Crippen MR) is 79.9 cm³/mol. The van der Waals surface area contributed by atoms with E-state index in [0.29, 0.717) is 17.1 Å². The largest absolute Gasteiger partial charge is 0.287 e. The van der Waals surface area contributed by atoms with Crippen LogP contribution in [-0.2, 0) is 6.54 Å². The van der Waals surface area contributed by atoms with E-state index in [1.165, 1.54) is 0 Å². The van der Waals surface area contributed by atoms with E-state index in [0.717, 1.165) is 10.0 Å². The van der Waals surface area contributed by atoms with Crippen LogP contribution in [0.2, 0.25) is 5.02 Å². The molecule has 0 radical (unpaired) electrons. The second-order valence-corrected chi connectivity index (χ2v) is 5.30. The summed E-state index contributed by atoms with van der Waals surface area (Å²) in [4.78, 5) is 11.8. The average Bonchev–Trinajstić information content (AvgIpc) is 2.39. The van der Waals surface area contributed by atoms with Crippen molar-refractivity contribution in [2.75, 3.05) is 0 Å². The molecule has 2 rings (SSSR count). The third kappa shape index (κ3) is 4.35. The van der Waals surface area contributed by atoms with Gasteiger partial charge < -0.3 is 0 Å². The third-order valence-electron chi connectivity index (χ3n) is 2.49. The molecule has 0 fully saturated rings. The molecule has 0 spiro atoms. The first kappa shape index (κ1) is 14.1. The normalized spacial score (nSPS) is 10.2. The Morgan fingerprint density at radius 3 is 2.58 bits per heavy atom. The van der Waals surface area contributed by atoms with Crippen LogP contribution in [0.5, 0.6) is 0 Å². The highest BCUT2D eigenvalue weighted by Crippen LogP contribution is 2.11. The molecule has 0 saturated heterocycles. The lowest BCUT2D eigenvalue weighted by atomic mass is 10.2. The van der Waals surface area contributed by atoms with Crippen molar-refractivity contribution >= 4 is 33.4 Å². The first-order valence-corrected chi connectivity index (χ1v) is 6.85. The maximum atomic E-state index is 11.8. The molecule has 0 aliphatic rings. The van der Waals surface area contributed by atoms with Crippen molar-refractivity contribution in [2.45, 2.75) is 6.54 Å². The number of halogens is 2.